The highest BCUT2D eigenvalue weighted by Gasteiger charge is 2.31. The number of nitrogens with one attached hydrogen (secondary N) is 1. The predicted molar refractivity (Wildman–Crippen MR) is 88.3 cm³/mol. The molecule has 2 atom stereocenters. The molecule has 3 heterocycles. The fourth-order valence-corrected chi connectivity index (χ4v) is 2.87. The lowest BCUT2D eigenvalue weighted by Crippen LogP contribution is -2.50. The molecule has 0 bridgehead atoms. The molecule has 1 saturated carbocycles. The van der Waals surface area contributed by atoms with Gasteiger partial charge in [-0.05, 0) is 37.3 Å². The third-order valence-electron chi connectivity index (χ3n) is 4.54. The van der Waals surface area contributed by atoms with Gasteiger partial charge in [0.2, 0.25) is 0 Å². The normalized spacial score (nSPS) is 23.4. The average Bonchev–Trinajstić information content (AvgIpc) is 3.31. The molecule has 2 fully saturated rings. The topological polar surface area (TPSA) is 91.2 Å². The molecule has 25 heavy (non-hydrogen) atoms. The second kappa shape index (κ2) is 7.28. The Balaban J connectivity index is 1.42. The van der Waals surface area contributed by atoms with Gasteiger partial charge in [-0.25, -0.2) is 4.98 Å². The highest BCUT2D eigenvalue weighted by Crippen LogP contribution is 2.30. The van der Waals surface area contributed by atoms with E-state index in [1.807, 2.05) is 0 Å². The van der Waals surface area contributed by atoms with Crippen LogP contribution >= 0.6 is 0 Å². The van der Waals surface area contributed by atoms with Crippen molar-refractivity contribution in [3.8, 4) is 5.82 Å². The van der Waals surface area contributed by atoms with Crippen molar-refractivity contribution in [2.75, 3.05) is 19.8 Å². The molecule has 8 heteroatoms. The number of carbonyl (C=O) groups excluding carboxylic acids is 1. The lowest BCUT2D eigenvalue weighted by molar-refractivity contribution is -0.0567. The highest BCUT2D eigenvalue weighted by molar-refractivity contribution is 5.94. The number of rotatable bonds is 6. The summed E-state index contributed by atoms with van der Waals surface area (Å²) >= 11 is 0. The first-order valence-corrected chi connectivity index (χ1v) is 8.61. The molecule has 2 aliphatic rings. The van der Waals surface area contributed by atoms with Crippen molar-refractivity contribution in [2.24, 2.45) is 5.92 Å². The minimum atomic E-state index is -0.160. The summed E-state index contributed by atoms with van der Waals surface area (Å²) in [6, 6.07) is 3.27. The fourth-order valence-electron chi connectivity index (χ4n) is 2.87. The van der Waals surface area contributed by atoms with Crippen molar-refractivity contribution < 1.29 is 14.3 Å². The van der Waals surface area contributed by atoms with Crippen molar-refractivity contribution in [1.29, 1.82) is 0 Å². The number of ether oxygens (including phenoxy) is 2. The lowest BCUT2D eigenvalue weighted by Gasteiger charge is -2.32. The van der Waals surface area contributed by atoms with E-state index < -0.39 is 0 Å². The van der Waals surface area contributed by atoms with Gasteiger partial charge in [0.25, 0.3) is 5.91 Å². The summed E-state index contributed by atoms with van der Waals surface area (Å²) in [6.07, 6.45) is 8.01. The number of pyridine rings is 1. The summed E-state index contributed by atoms with van der Waals surface area (Å²) in [5.74, 6) is 1.14. The summed E-state index contributed by atoms with van der Waals surface area (Å²) in [4.78, 5) is 16.9. The maximum atomic E-state index is 12.6. The third kappa shape index (κ3) is 4.02. The number of hydrogen-bond donors (Lipinski definition) is 1. The van der Waals surface area contributed by atoms with Crippen molar-refractivity contribution in [2.45, 2.75) is 31.4 Å². The molecule has 4 rings (SSSR count). The van der Waals surface area contributed by atoms with Crippen LogP contribution in [0.5, 0.6) is 0 Å². The van der Waals surface area contributed by atoms with Crippen LogP contribution in [-0.2, 0) is 9.47 Å². The second-order valence-corrected chi connectivity index (χ2v) is 6.53. The molecule has 0 spiro atoms. The Morgan fingerprint density at radius 1 is 1.32 bits per heavy atom. The van der Waals surface area contributed by atoms with Gasteiger partial charge in [0, 0.05) is 25.0 Å². The molecule has 0 aromatic carbocycles. The molecule has 1 aliphatic carbocycles. The van der Waals surface area contributed by atoms with E-state index in [4.69, 9.17) is 9.47 Å². The molecule has 1 N–H and O–H groups in total. The van der Waals surface area contributed by atoms with E-state index in [-0.39, 0.29) is 18.1 Å². The quantitative estimate of drug-likeness (QED) is 0.841. The zero-order chi connectivity index (χ0) is 17.1. The molecule has 1 aliphatic heterocycles. The van der Waals surface area contributed by atoms with Gasteiger partial charge in [-0.1, -0.05) is 0 Å². The van der Waals surface area contributed by atoms with E-state index >= 15 is 0 Å². The zero-order valence-corrected chi connectivity index (χ0v) is 13.9. The Morgan fingerprint density at radius 3 is 2.96 bits per heavy atom. The van der Waals surface area contributed by atoms with Crippen LogP contribution in [0, 0.1) is 5.92 Å². The molecular weight excluding hydrogens is 322 g/mol. The van der Waals surface area contributed by atoms with Gasteiger partial charge < -0.3 is 14.8 Å². The fraction of sp³-hybridized carbons (Fsp3) is 0.529. The Kier molecular flexibility index (Phi) is 4.71. The Morgan fingerprint density at radius 2 is 2.16 bits per heavy atom. The van der Waals surface area contributed by atoms with Gasteiger partial charge in [-0.2, -0.15) is 0 Å². The Hall–Kier alpha value is -2.32. The van der Waals surface area contributed by atoms with Crippen LogP contribution in [0.15, 0.2) is 31.0 Å². The molecule has 2 aromatic rings. The highest BCUT2D eigenvalue weighted by atomic mass is 16.5. The van der Waals surface area contributed by atoms with E-state index in [9.17, 15) is 4.79 Å². The minimum Gasteiger partial charge on any atom is -0.379 e. The summed E-state index contributed by atoms with van der Waals surface area (Å²) in [6.45, 7) is 1.93. The van der Waals surface area contributed by atoms with Crippen LogP contribution in [0.3, 0.4) is 0 Å². The van der Waals surface area contributed by atoms with E-state index in [0.29, 0.717) is 30.5 Å². The van der Waals surface area contributed by atoms with Gasteiger partial charge in [-0.3, -0.25) is 9.36 Å². The maximum absolute atomic E-state index is 12.6. The number of amides is 1. The van der Waals surface area contributed by atoms with E-state index in [1.165, 1.54) is 12.8 Å². The Labute approximate surface area is 145 Å². The first-order valence-electron chi connectivity index (χ1n) is 8.61. The van der Waals surface area contributed by atoms with Crippen LogP contribution in [0.1, 0.15) is 29.6 Å². The van der Waals surface area contributed by atoms with Gasteiger partial charge >= 0.3 is 0 Å². The van der Waals surface area contributed by atoms with E-state index in [2.05, 4.69) is 20.5 Å². The molecular formula is C17H21N5O3. The summed E-state index contributed by atoms with van der Waals surface area (Å²) in [5, 5.41) is 10.6. The SMILES string of the molecule is O=C(N[C@@H]1COCC[C@H]1OCC1CC1)c1ccnc(-n2cnnc2)c1. The zero-order valence-electron chi connectivity index (χ0n) is 13.9. The largest absolute Gasteiger partial charge is 0.379 e. The van der Waals surface area contributed by atoms with Crippen LogP contribution in [0.25, 0.3) is 5.82 Å². The maximum Gasteiger partial charge on any atom is 0.251 e. The number of aromatic nitrogens is 4. The summed E-state index contributed by atoms with van der Waals surface area (Å²) in [5.41, 5.74) is 0.533. The summed E-state index contributed by atoms with van der Waals surface area (Å²) < 4.78 is 13.2. The molecule has 132 valence electrons. The van der Waals surface area contributed by atoms with E-state index in [0.717, 1.165) is 13.0 Å². The monoisotopic (exact) mass is 343 g/mol. The van der Waals surface area contributed by atoms with Gasteiger partial charge in [-0.15, -0.1) is 10.2 Å². The standard InChI is InChI=1S/C17H21N5O3/c23-17(13-3-5-18-16(7-13)22-10-19-20-11-22)21-14-9-24-6-4-15(14)25-8-12-1-2-12/h3,5,7,10-12,14-15H,1-2,4,6,8-9H2,(H,21,23)/t14-,15-/m1/s1. The van der Waals surface area contributed by atoms with Crippen LogP contribution in [-0.4, -0.2) is 57.6 Å². The van der Waals surface area contributed by atoms with Crippen LogP contribution in [0.2, 0.25) is 0 Å². The second-order valence-electron chi connectivity index (χ2n) is 6.53. The Bertz CT molecular complexity index is 717. The van der Waals surface area contributed by atoms with Crippen molar-refractivity contribution >= 4 is 5.91 Å². The average molecular weight is 343 g/mol. The molecule has 0 unspecified atom stereocenters. The molecule has 0 radical (unpaired) electrons. The van der Waals surface area contributed by atoms with Gasteiger partial charge in [0.1, 0.15) is 18.5 Å². The third-order valence-corrected chi connectivity index (χ3v) is 4.54. The number of hydrogen-bond acceptors (Lipinski definition) is 6. The van der Waals surface area contributed by atoms with Crippen molar-refractivity contribution in [3.63, 3.8) is 0 Å². The predicted octanol–water partition coefficient (Wildman–Crippen LogP) is 0.976. The first kappa shape index (κ1) is 16.2. The van der Waals surface area contributed by atoms with E-state index in [1.54, 1.807) is 35.6 Å². The molecule has 1 saturated heterocycles. The molecule has 2 aromatic heterocycles. The smallest absolute Gasteiger partial charge is 0.251 e. The molecule has 8 nitrogen and oxygen atoms in total. The van der Waals surface area contributed by atoms with Gasteiger partial charge in [0.05, 0.1) is 18.8 Å². The summed E-state index contributed by atoms with van der Waals surface area (Å²) in [7, 11) is 0. The van der Waals surface area contributed by atoms with Crippen LogP contribution < -0.4 is 5.32 Å². The number of carbonyl (C=O) groups is 1. The first-order chi connectivity index (χ1) is 12.3. The van der Waals surface area contributed by atoms with Crippen molar-refractivity contribution in [3.05, 3.63) is 36.5 Å². The van der Waals surface area contributed by atoms with Gasteiger partial charge in [0.15, 0.2) is 0 Å². The lowest BCUT2D eigenvalue weighted by atomic mass is 10.1. The molecule has 1 amide bonds. The minimum absolute atomic E-state index is 0.0115. The van der Waals surface area contributed by atoms with Crippen LogP contribution in [0.4, 0.5) is 0 Å². The number of nitrogens with zero attached hydrogens (tertiary/aromatic N) is 4. The van der Waals surface area contributed by atoms with Crippen molar-refractivity contribution in [1.82, 2.24) is 25.1 Å².